The molecule has 0 amide bonds. The molecule has 0 bridgehead atoms. The van der Waals surface area contributed by atoms with Gasteiger partial charge in [0.15, 0.2) is 0 Å². The molecule has 0 aromatic heterocycles. The van der Waals surface area contributed by atoms with Crippen LogP contribution in [0, 0.1) is 12.3 Å². The van der Waals surface area contributed by atoms with Gasteiger partial charge in [-0.2, -0.15) is 0 Å². The zero-order valence-corrected chi connectivity index (χ0v) is 9.77. The Bertz CT molecular complexity index is 177. The van der Waals surface area contributed by atoms with Gasteiger partial charge in [0.1, 0.15) is 0 Å². The minimum absolute atomic E-state index is 0.0434. The molecule has 0 aromatic carbocycles. The number of hydrogen-bond acceptors (Lipinski definition) is 2. The standard InChI is InChI=1S/C12H24N2/c1-5-8-9-12(7-3,10-13)14-11(4)6-2/h2,11,14H,5,7-10,13H2,1,3-4H3. The van der Waals surface area contributed by atoms with Crippen molar-refractivity contribution in [3.8, 4) is 12.3 Å². The molecule has 2 atom stereocenters. The Hall–Kier alpha value is -0.520. The summed E-state index contributed by atoms with van der Waals surface area (Å²) < 4.78 is 0. The highest BCUT2D eigenvalue weighted by atomic mass is 15.0. The quantitative estimate of drug-likeness (QED) is 0.610. The molecule has 0 saturated heterocycles. The summed E-state index contributed by atoms with van der Waals surface area (Å²) >= 11 is 0. The Balaban J connectivity index is 4.29. The van der Waals surface area contributed by atoms with E-state index in [1.165, 1.54) is 12.8 Å². The van der Waals surface area contributed by atoms with E-state index in [0.717, 1.165) is 12.8 Å². The number of hydrogen-bond donors (Lipinski definition) is 2. The van der Waals surface area contributed by atoms with Crippen molar-refractivity contribution in [1.82, 2.24) is 5.32 Å². The summed E-state index contributed by atoms with van der Waals surface area (Å²) in [5, 5.41) is 3.45. The highest BCUT2D eigenvalue weighted by Crippen LogP contribution is 2.18. The SMILES string of the molecule is C#CC(C)NC(CC)(CN)CCCC. The lowest BCUT2D eigenvalue weighted by atomic mass is 9.89. The molecule has 0 aromatic rings. The third-order valence-corrected chi connectivity index (χ3v) is 2.85. The largest absolute Gasteiger partial charge is 0.329 e. The second kappa shape index (κ2) is 6.86. The van der Waals surface area contributed by atoms with E-state index < -0.39 is 0 Å². The minimum Gasteiger partial charge on any atom is -0.329 e. The lowest BCUT2D eigenvalue weighted by molar-refractivity contribution is 0.281. The maximum Gasteiger partial charge on any atom is 0.0663 e. The summed E-state index contributed by atoms with van der Waals surface area (Å²) in [6.07, 6.45) is 9.92. The van der Waals surface area contributed by atoms with Crippen LogP contribution in [-0.2, 0) is 0 Å². The number of terminal acetylenes is 1. The van der Waals surface area contributed by atoms with Crippen molar-refractivity contribution in [2.24, 2.45) is 5.73 Å². The van der Waals surface area contributed by atoms with Gasteiger partial charge in [-0.25, -0.2) is 0 Å². The predicted molar refractivity (Wildman–Crippen MR) is 63.0 cm³/mol. The van der Waals surface area contributed by atoms with Gasteiger partial charge in [-0.05, 0) is 19.8 Å². The topological polar surface area (TPSA) is 38.0 Å². The summed E-state index contributed by atoms with van der Waals surface area (Å²) in [7, 11) is 0. The molecule has 2 unspecified atom stereocenters. The number of rotatable bonds is 7. The molecule has 14 heavy (non-hydrogen) atoms. The van der Waals surface area contributed by atoms with Crippen molar-refractivity contribution in [3.05, 3.63) is 0 Å². The van der Waals surface area contributed by atoms with Crippen LogP contribution >= 0.6 is 0 Å². The van der Waals surface area contributed by atoms with Gasteiger partial charge < -0.3 is 5.73 Å². The van der Waals surface area contributed by atoms with Crippen LogP contribution < -0.4 is 11.1 Å². The molecular formula is C12H24N2. The Morgan fingerprint density at radius 1 is 1.50 bits per heavy atom. The lowest BCUT2D eigenvalue weighted by Gasteiger charge is -2.34. The molecule has 0 rings (SSSR count). The van der Waals surface area contributed by atoms with Crippen LogP contribution in [0.4, 0.5) is 0 Å². The molecule has 0 heterocycles. The summed E-state index contributed by atoms with van der Waals surface area (Å²) in [5.41, 5.74) is 5.87. The van der Waals surface area contributed by atoms with Crippen LogP contribution in [0.25, 0.3) is 0 Å². The summed E-state index contributed by atoms with van der Waals surface area (Å²) in [6, 6.07) is 0.107. The first-order valence-electron chi connectivity index (χ1n) is 5.58. The number of nitrogens with one attached hydrogen (secondary N) is 1. The molecule has 82 valence electrons. The van der Waals surface area contributed by atoms with Crippen molar-refractivity contribution in [2.45, 2.75) is 58.0 Å². The predicted octanol–water partition coefficient (Wildman–Crippen LogP) is 1.90. The van der Waals surface area contributed by atoms with Crippen LogP contribution in [0.2, 0.25) is 0 Å². The smallest absolute Gasteiger partial charge is 0.0663 e. The number of nitrogens with two attached hydrogens (primary N) is 1. The highest BCUT2D eigenvalue weighted by molar-refractivity contribution is 5.01. The first-order valence-corrected chi connectivity index (χ1v) is 5.58. The van der Waals surface area contributed by atoms with E-state index in [1.54, 1.807) is 0 Å². The molecule has 3 N–H and O–H groups in total. The average Bonchev–Trinajstić information content (AvgIpc) is 2.24. The van der Waals surface area contributed by atoms with Gasteiger partial charge in [0, 0.05) is 12.1 Å². The fraction of sp³-hybridized carbons (Fsp3) is 0.833. The molecule has 0 fully saturated rings. The van der Waals surface area contributed by atoms with Gasteiger partial charge >= 0.3 is 0 Å². The van der Waals surface area contributed by atoms with Gasteiger partial charge in [-0.3, -0.25) is 5.32 Å². The van der Waals surface area contributed by atoms with Gasteiger partial charge in [-0.1, -0.05) is 32.6 Å². The molecule has 0 aliphatic carbocycles. The molecule has 2 heteroatoms. The highest BCUT2D eigenvalue weighted by Gasteiger charge is 2.26. The molecule has 2 nitrogen and oxygen atoms in total. The Morgan fingerprint density at radius 3 is 2.50 bits per heavy atom. The average molecular weight is 196 g/mol. The maximum atomic E-state index is 5.83. The maximum absolute atomic E-state index is 5.83. The Kier molecular flexibility index (Phi) is 6.61. The normalized spacial score (nSPS) is 17.1. The van der Waals surface area contributed by atoms with E-state index >= 15 is 0 Å². The van der Waals surface area contributed by atoms with E-state index in [0.29, 0.717) is 6.54 Å². The van der Waals surface area contributed by atoms with Gasteiger partial charge in [0.25, 0.3) is 0 Å². The van der Waals surface area contributed by atoms with Crippen molar-refractivity contribution >= 4 is 0 Å². The van der Waals surface area contributed by atoms with E-state index in [-0.39, 0.29) is 11.6 Å². The number of unbranched alkanes of at least 4 members (excludes halogenated alkanes) is 1. The monoisotopic (exact) mass is 196 g/mol. The van der Waals surface area contributed by atoms with Crippen LogP contribution in [0.1, 0.15) is 46.5 Å². The van der Waals surface area contributed by atoms with E-state index in [2.05, 4.69) is 25.1 Å². The summed E-state index contributed by atoms with van der Waals surface area (Å²) in [6.45, 7) is 7.03. The third kappa shape index (κ3) is 4.13. The first kappa shape index (κ1) is 13.5. The second-order valence-corrected chi connectivity index (χ2v) is 3.97. The van der Waals surface area contributed by atoms with E-state index in [1.807, 2.05) is 6.92 Å². The van der Waals surface area contributed by atoms with Crippen LogP contribution in [0.3, 0.4) is 0 Å². The molecule has 0 aliphatic heterocycles. The zero-order valence-electron chi connectivity index (χ0n) is 9.77. The molecule has 0 aliphatic rings. The fourth-order valence-electron chi connectivity index (χ4n) is 1.67. The van der Waals surface area contributed by atoms with Crippen molar-refractivity contribution in [2.75, 3.05) is 6.54 Å². The lowest BCUT2D eigenvalue weighted by Crippen LogP contribution is -2.53. The summed E-state index contributed by atoms with van der Waals surface area (Å²) in [5.74, 6) is 2.70. The van der Waals surface area contributed by atoms with E-state index in [9.17, 15) is 0 Å². The Morgan fingerprint density at radius 2 is 2.14 bits per heavy atom. The fourth-order valence-corrected chi connectivity index (χ4v) is 1.67. The van der Waals surface area contributed by atoms with Crippen molar-refractivity contribution in [1.29, 1.82) is 0 Å². The molecule has 0 radical (unpaired) electrons. The molecule has 0 spiro atoms. The molecular weight excluding hydrogens is 172 g/mol. The van der Waals surface area contributed by atoms with E-state index in [4.69, 9.17) is 12.2 Å². The first-order chi connectivity index (χ1) is 6.64. The zero-order chi connectivity index (χ0) is 11.0. The summed E-state index contributed by atoms with van der Waals surface area (Å²) in [4.78, 5) is 0. The Labute approximate surface area is 88.6 Å². The van der Waals surface area contributed by atoms with Crippen molar-refractivity contribution in [3.63, 3.8) is 0 Å². The van der Waals surface area contributed by atoms with Gasteiger partial charge in [-0.15, -0.1) is 6.42 Å². The van der Waals surface area contributed by atoms with Gasteiger partial charge in [0.2, 0.25) is 0 Å². The van der Waals surface area contributed by atoms with Crippen molar-refractivity contribution < 1.29 is 0 Å². The second-order valence-electron chi connectivity index (χ2n) is 3.97. The van der Waals surface area contributed by atoms with Crippen LogP contribution in [0.5, 0.6) is 0 Å². The van der Waals surface area contributed by atoms with Gasteiger partial charge in [0.05, 0.1) is 6.04 Å². The third-order valence-electron chi connectivity index (χ3n) is 2.85. The molecule has 0 saturated carbocycles. The minimum atomic E-state index is 0.0434. The van der Waals surface area contributed by atoms with Crippen LogP contribution in [-0.4, -0.2) is 18.1 Å². The van der Waals surface area contributed by atoms with Crippen LogP contribution in [0.15, 0.2) is 0 Å².